The molecule has 1 N–H and O–H groups in total. The molecule has 26 heavy (non-hydrogen) atoms. The Bertz CT molecular complexity index is 833. The van der Waals surface area contributed by atoms with Crippen LogP contribution in [0.3, 0.4) is 0 Å². The van der Waals surface area contributed by atoms with E-state index in [-0.39, 0.29) is 17.6 Å². The van der Waals surface area contributed by atoms with E-state index in [1.807, 2.05) is 31.4 Å². The number of hydrogen-bond donors (Lipinski definition) is 1. The average Bonchev–Trinajstić information content (AvgIpc) is 3.19. The molecular formula is C18H23N5O2S. The van der Waals surface area contributed by atoms with Crippen LogP contribution in [0.2, 0.25) is 0 Å². The molecule has 138 valence electrons. The van der Waals surface area contributed by atoms with Crippen LogP contribution in [-0.2, 0) is 11.3 Å². The van der Waals surface area contributed by atoms with Gasteiger partial charge in [-0.3, -0.25) is 9.36 Å². The van der Waals surface area contributed by atoms with Crippen LogP contribution in [0, 0.1) is 24.2 Å². The highest BCUT2D eigenvalue weighted by Gasteiger charge is 2.30. The highest BCUT2D eigenvalue weighted by Crippen LogP contribution is 2.27. The molecule has 1 atom stereocenters. The van der Waals surface area contributed by atoms with Crippen molar-refractivity contribution in [2.24, 2.45) is 5.92 Å². The molecule has 0 unspecified atom stereocenters. The molecule has 2 rings (SSSR count). The molecule has 0 bridgehead atoms. The fraction of sp³-hybridized carbons (Fsp3) is 0.444. The lowest BCUT2D eigenvalue weighted by molar-refractivity contribution is -0.120. The van der Waals surface area contributed by atoms with Crippen molar-refractivity contribution in [1.82, 2.24) is 20.1 Å². The van der Waals surface area contributed by atoms with Crippen LogP contribution in [0.4, 0.5) is 0 Å². The van der Waals surface area contributed by atoms with E-state index in [0.29, 0.717) is 17.5 Å². The van der Waals surface area contributed by atoms with Crippen molar-refractivity contribution >= 4 is 17.7 Å². The fourth-order valence-electron chi connectivity index (χ4n) is 2.26. The second-order valence-electron chi connectivity index (χ2n) is 6.40. The molecule has 2 aromatic heterocycles. The van der Waals surface area contributed by atoms with Gasteiger partial charge in [-0.1, -0.05) is 31.7 Å². The summed E-state index contributed by atoms with van der Waals surface area (Å²) in [5, 5.41) is 21.2. The standard InChI is InChI=1S/C18H23N5O2S/c1-6-8-23-16(14-7-9-25-13(14)4)21-22-17(23)26-10-15(24)20-18(5,11-19)12(2)3/h6-7,9,12H,1,8,10H2,2-5H3,(H,20,24)/t18-/m0/s1. The van der Waals surface area contributed by atoms with Gasteiger partial charge in [-0.25, -0.2) is 0 Å². The van der Waals surface area contributed by atoms with Crippen molar-refractivity contribution in [1.29, 1.82) is 5.26 Å². The van der Waals surface area contributed by atoms with E-state index in [9.17, 15) is 10.1 Å². The van der Waals surface area contributed by atoms with Crippen LogP contribution in [0.1, 0.15) is 26.5 Å². The molecule has 0 saturated heterocycles. The van der Waals surface area contributed by atoms with Gasteiger partial charge < -0.3 is 9.73 Å². The minimum absolute atomic E-state index is 0.00142. The predicted molar refractivity (Wildman–Crippen MR) is 100 cm³/mol. The minimum atomic E-state index is -0.897. The number of nitriles is 1. The zero-order valence-electron chi connectivity index (χ0n) is 15.4. The van der Waals surface area contributed by atoms with Gasteiger partial charge in [-0.05, 0) is 25.8 Å². The van der Waals surface area contributed by atoms with Gasteiger partial charge in [0.15, 0.2) is 11.0 Å². The summed E-state index contributed by atoms with van der Waals surface area (Å²) >= 11 is 1.27. The fourth-order valence-corrected chi connectivity index (χ4v) is 3.01. The Hall–Kier alpha value is -2.53. The van der Waals surface area contributed by atoms with Gasteiger partial charge in [0.2, 0.25) is 5.91 Å². The zero-order chi connectivity index (χ0) is 19.3. The van der Waals surface area contributed by atoms with Crippen molar-refractivity contribution in [3.05, 3.63) is 30.7 Å². The average molecular weight is 373 g/mol. The number of nitrogens with one attached hydrogen (secondary N) is 1. The molecule has 2 aromatic rings. The molecule has 0 fully saturated rings. The molecule has 0 aliphatic carbocycles. The Morgan fingerprint density at radius 3 is 2.85 bits per heavy atom. The molecule has 8 heteroatoms. The monoisotopic (exact) mass is 373 g/mol. The largest absolute Gasteiger partial charge is 0.469 e. The van der Waals surface area contributed by atoms with E-state index in [2.05, 4.69) is 28.2 Å². The number of amides is 1. The Morgan fingerprint density at radius 1 is 1.58 bits per heavy atom. The van der Waals surface area contributed by atoms with E-state index in [0.717, 1.165) is 11.3 Å². The van der Waals surface area contributed by atoms with Crippen LogP contribution >= 0.6 is 11.8 Å². The van der Waals surface area contributed by atoms with Gasteiger partial charge >= 0.3 is 0 Å². The molecule has 0 aliphatic heterocycles. The maximum atomic E-state index is 12.3. The van der Waals surface area contributed by atoms with Gasteiger partial charge in [-0.15, -0.1) is 16.8 Å². The normalized spacial score (nSPS) is 13.2. The van der Waals surface area contributed by atoms with Gasteiger partial charge in [0, 0.05) is 6.54 Å². The summed E-state index contributed by atoms with van der Waals surface area (Å²) in [5.74, 6) is 1.34. The second-order valence-corrected chi connectivity index (χ2v) is 7.34. The number of carbonyl (C=O) groups excluding carboxylic acids is 1. The van der Waals surface area contributed by atoms with E-state index in [1.165, 1.54) is 11.8 Å². The molecule has 7 nitrogen and oxygen atoms in total. The van der Waals surface area contributed by atoms with Crippen LogP contribution in [0.15, 0.2) is 34.6 Å². The molecular weight excluding hydrogens is 350 g/mol. The topological polar surface area (TPSA) is 96.7 Å². The molecule has 0 radical (unpaired) electrons. The molecule has 0 saturated carbocycles. The van der Waals surface area contributed by atoms with Crippen LogP contribution in [0.5, 0.6) is 0 Å². The van der Waals surface area contributed by atoms with Crippen molar-refractivity contribution in [3.63, 3.8) is 0 Å². The Balaban J connectivity index is 2.14. The third-order valence-corrected chi connectivity index (χ3v) is 5.21. The number of aromatic nitrogens is 3. The summed E-state index contributed by atoms with van der Waals surface area (Å²) in [4.78, 5) is 12.3. The Kier molecular flexibility index (Phi) is 6.27. The first-order valence-corrected chi connectivity index (χ1v) is 9.24. The van der Waals surface area contributed by atoms with E-state index in [1.54, 1.807) is 19.3 Å². The van der Waals surface area contributed by atoms with Crippen molar-refractivity contribution in [2.45, 2.75) is 44.9 Å². The smallest absolute Gasteiger partial charge is 0.231 e. The first kappa shape index (κ1) is 19.8. The Morgan fingerprint density at radius 2 is 2.31 bits per heavy atom. The highest BCUT2D eigenvalue weighted by atomic mass is 32.2. The minimum Gasteiger partial charge on any atom is -0.469 e. The number of nitrogens with zero attached hydrogens (tertiary/aromatic N) is 4. The number of rotatable bonds is 8. The lowest BCUT2D eigenvalue weighted by atomic mass is 9.90. The maximum Gasteiger partial charge on any atom is 0.231 e. The number of allylic oxidation sites excluding steroid dienone is 1. The van der Waals surface area contributed by atoms with E-state index in [4.69, 9.17) is 4.42 Å². The van der Waals surface area contributed by atoms with Crippen molar-refractivity contribution < 1.29 is 9.21 Å². The van der Waals surface area contributed by atoms with Crippen LogP contribution in [0.25, 0.3) is 11.4 Å². The van der Waals surface area contributed by atoms with E-state index >= 15 is 0 Å². The van der Waals surface area contributed by atoms with Crippen LogP contribution < -0.4 is 5.32 Å². The quantitative estimate of drug-likeness (QED) is 0.564. The lowest BCUT2D eigenvalue weighted by Crippen LogP contribution is -2.49. The molecule has 0 aromatic carbocycles. The van der Waals surface area contributed by atoms with Crippen LogP contribution in [-0.4, -0.2) is 32.0 Å². The summed E-state index contributed by atoms with van der Waals surface area (Å²) in [6, 6.07) is 4.00. The molecule has 0 aliphatic rings. The first-order valence-electron chi connectivity index (χ1n) is 8.26. The number of thioether (sulfide) groups is 1. The number of aryl methyl sites for hydroxylation is 1. The van der Waals surface area contributed by atoms with Gasteiger partial charge in [0.1, 0.15) is 11.3 Å². The van der Waals surface area contributed by atoms with Gasteiger partial charge in [-0.2, -0.15) is 5.26 Å². The molecule has 2 heterocycles. The highest BCUT2D eigenvalue weighted by molar-refractivity contribution is 7.99. The Labute approximate surface area is 157 Å². The maximum absolute atomic E-state index is 12.3. The number of furan rings is 1. The molecule has 0 spiro atoms. The number of carbonyl (C=O) groups is 1. The first-order chi connectivity index (χ1) is 12.3. The van der Waals surface area contributed by atoms with E-state index < -0.39 is 5.54 Å². The predicted octanol–water partition coefficient (Wildman–Crippen LogP) is 3.18. The lowest BCUT2D eigenvalue weighted by Gasteiger charge is -2.27. The third kappa shape index (κ3) is 4.17. The molecule has 1 amide bonds. The summed E-state index contributed by atoms with van der Waals surface area (Å²) in [6.07, 6.45) is 3.35. The van der Waals surface area contributed by atoms with Gasteiger partial charge in [0.25, 0.3) is 0 Å². The van der Waals surface area contributed by atoms with Gasteiger partial charge in [0.05, 0.1) is 23.6 Å². The summed E-state index contributed by atoms with van der Waals surface area (Å²) < 4.78 is 7.22. The third-order valence-electron chi connectivity index (χ3n) is 4.25. The SMILES string of the molecule is C=CCn1c(SCC(=O)N[C@@](C)(C#N)C(C)C)nnc1-c1ccoc1C. The summed E-state index contributed by atoms with van der Waals surface area (Å²) in [6.45, 7) is 11.7. The van der Waals surface area contributed by atoms with Crippen molar-refractivity contribution in [2.75, 3.05) is 5.75 Å². The summed E-state index contributed by atoms with van der Waals surface area (Å²) in [7, 11) is 0. The summed E-state index contributed by atoms with van der Waals surface area (Å²) in [5.41, 5.74) is -0.0431. The zero-order valence-corrected chi connectivity index (χ0v) is 16.3. The second kappa shape index (κ2) is 8.23. The number of hydrogen-bond acceptors (Lipinski definition) is 6. The van der Waals surface area contributed by atoms with Crippen molar-refractivity contribution in [3.8, 4) is 17.5 Å².